The second kappa shape index (κ2) is 8.98. The predicted molar refractivity (Wildman–Crippen MR) is 124 cm³/mol. The Bertz CT molecular complexity index is 1340. The highest BCUT2D eigenvalue weighted by Crippen LogP contribution is 2.33. The second-order valence-corrected chi connectivity index (χ2v) is 7.39. The van der Waals surface area contributed by atoms with E-state index in [4.69, 9.17) is 13.9 Å². The second-order valence-electron chi connectivity index (χ2n) is 7.39. The van der Waals surface area contributed by atoms with Crippen LogP contribution in [-0.4, -0.2) is 20.1 Å². The maximum atomic E-state index is 12.9. The Balaban J connectivity index is 1.67. The van der Waals surface area contributed by atoms with Crippen molar-refractivity contribution in [3.63, 3.8) is 0 Å². The fourth-order valence-electron chi connectivity index (χ4n) is 3.57. The molecule has 162 valence electrons. The molecule has 0 saturated heterocycles. The van der Waals surface area contributed by atoms with Crippen LogP contribution in [0.4, 0.5) is 11.4 Å². The van der Waals surface area contributed by atoms with E-state index in [9.17, 15) is 9.59 Å². The van der Waals surface area contributed by atoms with Gasteiger partial charge in [-0.2, -0.15) is 0 Å². The van der Waals surface area contributed by atoms with Gasteiger partial charge in [0.1, 0.15) is 23.5 Å². The number of para-hydroxylation sites is 1. The van der Waals surface area contributed by atoms with E-state index in [1.807, 2.05) is 67.4 Å². The normalized spacial score (nSPS) is 10.7. The molecule has 0 bridgehead atoms. The molecule has 0 amide bonds. The van der Waals surface area contributed by atoms with Gasteiger partial charge in [-0.1, -0.05) is 36.4 Å². The highest BCUT2D eigenvalue weighted by molar-refractivity contribution is 5.96. The van der Waals surface area contributed by atoms with Gasteiger partial charge >= 0.3 is 11.6 Å². The van der Waals surface area contributed by atoms with Gasteiger partial charge in [0.2, 0.25) is 0 Å². The van der Waals surface area contributed by atoms with Crippen LogP contribution in [0.5, 0.6) is 5.75 Å². The fourth-order valence-corrected chi connectivity index (χ4v) is 3.57. The molecule has 6 nitrogen and oxygen atoms in total. The monoisotopic (exact) mass is 429 g/mol. The lowest BCUT2D eigenvalue weighted by Crippen LogP contribution is -2.14. The minimum atomic E-state index is -0.488. The van der Waals surface area contributed by atoms with Crippen LogP contribution in [0.3, 0.4) is 0 Å². The maximum Gasteiger partial charge on any atom is 0.342 e. The third kappa shape index (κ3) is 4.21. The zero-order valence-corrected chi connectivity index (χ0v) is 18.1. The fraction of sp³-hybridized carbons (Fsp3) is 0.154. The third-order valence-corrected chi connectivity index (χ3v) is 5.40. The number of ether oxygens (including phenoxy) is 2. The number of carbonyl (C=O) groups excluding carboxylic acids is 1. The van der Waals surface area contributed by atoms with E-state index < -0.39 is 11.6 Å². The molecule has 0 aliphatic carbocycles. The first-order valence-electron chi connectivity index (χ1n) is 10.1. The first kappa shape index (κ1) is 21.2. The summed E-state index contributed by atoms with van der Waals surface area (Å²) in [5.74, 6) is -0.0767. The number of nitrogens with zero attached hydrogens (tertiary/aromatic N) is 1. The summed E-state index contributed by atoms with van der Waals surface area (Å²) < 4.78 is 16.2. The summed E-state index contributed by atoms with van der Waals surface area (Å²) in [7, 11) is 3.33. The van der Waals surface area contributed by atoms with Crippen LogP contribution in [0, 0.1) is 6.92 Å². The molecule has 4 aromatic rings. The van der Waals surface area contributed by atoms with Gasteiger partial charge in [-0.3, -0.25) is 0 Å². The summed E-state index contributed by atoms with van der Waals surface area (Å²) in [5, 5.41) is 0.786. The van der Waals surface area contributed by atoms with Crippen LogP contribution in [0.25, 0.3) is 11.0 Å². The van der Waals surface area contributed by atoms with E-state index >= 15 is 0 Å². The molecule has 0 atom stereocenters. The average molecular weight is 429 g/mol. The standard InChI is InChI=1S/C26H23NO5/c1-17-8-4-5-9-18(17)16-31-26(29)21-14-19(12-13-23(21)30-3)27(2)22-15-25(28)32-24-11-7-6-10-20(22)24/h4-15H,16H2,1-3H3. The molecule has 0 radical (unpaired) electrons. The van der Waals surface area contributed by atoms with Crippen molar-refractivity contribution >= 4 is 28.3 Å². The third-order valence-electron chi connectivity index (χ3n) is 5.40. The molecule has 32 heavy (non-hydrogen) atoms. The van der Waals surface area contributed by atoms with Crippen LogP contribution < -0.4 is 15.3 Å². The number of benzene rings is 3. The molecular formula is C26H23NO5. The molecule has 0 fully saturated rings. The predicted octanol–water partition coefficient (Wildman–Crippen LogP) is 5.23. The molecule has 0 aliphatic heterocycles. The van der Waals surface area contributed by atoms with Crippen molar-refractivity contribution in [1.29, 1.82) is 0 Å². The Labute approximate surface area is 185 Å². The minimum absolute atomic E-state index is 0.166. The van der Waals surface area contributed by atoms with Gasteiger partial charge in [0.25, 0.3) is 0 Å². The number of rotatable bonds is 6. The number of hydrogen-bond acceptors (Lipinski definition) is 6. The quantitative estimate of drug-likeness (QED) is 0.309. The van der Waals surface area contributed by atoms with E-state index in [2.05, 4.69) is 0 Å². The Morgan fingerprint density at radius 2 is 1.75 bits per heavy atom. The van der Waals surface area contributed by atoms with Crippen LogP contribution in [0.15, 0.2) is 82.0 Å². The highest BCUT2D eigenvalue weighted by Gasteiger charge is 2.18. The lowest BCUT2D eigenvalue weighted by Gasteiger charge is -2.22. The van der Waals surface area contributed by atoms with E-state index in [1.165, 1.54) is 13.2 Å². The SMILES string of the molecule is COc1ccc(N(C)c2cc(=O)oc3ccccc23)cc1C(=O)OCc1ccccc1C. The van der Waals surface area contributed by atoms with Gasteiger partial charge in [0, 0.05) is 24.2 Å². The highest BCUT2D eigenvalue weighted by atomic mass is 16.5. The Morgan fingerprint density at radius 3 is 2.53 bits per heavy atom. The molecule has 3 aromatic carbocycles. The topological polar surface area (TPSA) is 69.0 Å². The van der Waals surface area contributed by atoms with E-state index in [1.54, 1.807) is 18.2 Å². The van der Waals surface area contributed by atoms with Crippen molar-refractivity contribution in [3.05, 3.63) is 99.9 Å². The molecule has 0 saturated carbocycles. The number of anilines is 2. The van der Waals surface area contributed by atoms with Crippen molar-refractivity contribution in [2.75, 3.05) is 19.1 Å². The van der Waals surface area contributed by atoms with Gasteiger partial charge in [-0.25, -0.2) is 9.59 Å². The van der Waals surface area contributed by atoms with Gasteiger partial charge in [-0.05, 0) is 48.4 Å². The lowest BCUT2D eigenvalue weighted by molar-refractivity contribution is 0.0468. The number of aryl methyl sites for hydroxylation is 1. The van der Waals surface area contributed by atoms with E-state index in [0.717, 1.165) is 16.5 Å². The Hall–Kier alpha value is -4.06. The van der Waals surface area contributed by atoms with Crippen molar-refractivity contribution in [2.45, 2.75) is 13.5 Å². The summed E-state index contributed by atoms with van der Waals surface area (Å²) >= 11 is 0. The van der Waals surface area contributed by atoms with Crippen molar-refractivity contribution in [3.8, 4) is 5.75 Å². The number of carbonyl (C=O) groups is 1. The number of esters is 1. The number of methoxy groups -OCH3 is 1. The summed E-state index contributed by atoms with van der Waals surface area (Å²) in [6, 6.07) is 21.7. The summed E-state index contributed by atoms with van der Waals surface area (Å²) in [4.78, 5) is 26.8. The molecule has 1 aromatic heterocycles. The van der Waals surface area contributed by atoms with Crippen molar-refractivity contribution in [2.24, 2.45) is 0 Å². The zero-order chi connectivity index (χ0) is 22.7. The lowest BCUT2D eigenvalue weighted by atomic mass is 10.1. The average Bonchev–Trinajstić information content (AvgIpc) is 2.82. The first-order chi connectivity index (χ1) is 15.5. The van der Waals surface area contributed by atoms with Crippen LogP contribution in [0.1, 0.15) is 21.5 Å². The van der Waals surface area contributed by atoms with Gasteiger partial charge in [-0.15, -0.1) is 0 Å². The maximum absolute atomic E-state index is 12.9. The molecule has 0 aliphatic rings. The number of fused-ring (bicyclic) bond motifs is 1. The van der Waals surface area contributed by atoms with Crippen molar-refractivity contribution in [1.82, 2.24) is 0 Å². The van der Waals surface area contributed by atoms with Crippen molar-refractivity contribution < 1.29 is 18.7 Å². The first-order valence-corrected chi connectivity index (χ1v) is 10.1. The molecule has 1 heterocycles. The molecule has 0 N–H and O–H groups in total. The molecular weight excluding hydrogens is 406 g/mol. The van der Waals surface area contributed by atoms with Crippen LogP contribution >= 0.6 is 0 Å². The Kier molecular flexibility index (Phi) is 5.94. The van der Waals surface area contributed by atoms with E-state index in [-0.39, 0.29) is 6.61 Å². The summed E-state index contributed by atoms with van der Waals surface area (Å²) in [6.07, 6.45) is 0. The van der Waals surface area contributed by atoms with Crippen LogP contribution in [-0.2, 0) is 11.3 Å². The smallest absolute Gasteiger partial charge is 0.342 e. The van der Waals surface area contributed by atoms with Gasteiger partial charge in [0.15, 0.2) is 0 Å². The molecule has 6 heteroatoms. The minimum Gasteiger partial charge on any atom is -0.496 e. The van der Waals surface area contributed by atoms with E-state index in [0.29, 0.717) is 28.3 Å². The van der Waals surface area contributed by atoms with Gasteiger partial charge in [0.05, 0.1) is 12.8 Å². The Morgan fingerprint density at radius 1 is 1.00 bits per heavy atom. The molecule has 4 rings (SSSR count). The zero-order valence-electron chi connectivity index (χ0n) is 18.1. The molecule has 0 unspecified atom stereocenters. The summed E-state index contributed by atoms with van der Waals surface area (Å²) in [5.41, 5.74) is 3.71. The van der Waals surface area contributed by atoms with Gasteiger partial charge < -0.3 is 18.8 Å². The summed E-state index contributed by atoms with van der Waals surface area (Å²) in [6.45, 7) is 2.14. The largest absolute Gasteiger partial charge is 0.496 e. The number of hydrogen-bond donors (Lipinski definition) is 0. The van der Waals surface area contributed by atoms with Crippen LogP contribution in [0.2, 0.25) is 0 Å². The molecule has 0 spiro atoms.